The van der Waals surface area contributed by atoms with Gasteiger partial charge in [-0.3, -0.25) is 4.79 Å². The summed E-state index contributed by atoms with van der Waals surface area (Å²) < 4.78 is 11.3. The number of fused-ring (bicyclic) bond motifs is 2. The fourth-order valence-electron chi connectivity index (χ4n) is 2.72. The zero-order valence-electron chi connectivity index (χ0n) is 13.0. The molecule has 1 aliphatic rings. The minimum atomic E-state index is -0.00414. The number of benzene rings is 2. The molecule has 2 aromatic carbocycles. The molecule has 0 amide bonds. The van der Waals surface area contributed by atoms with Crippen LogP contribution >= 0.6 is 0 Å². The quantitative estimate of drug-likeness (QED) is 0.723. The standard InChI is InChI=1S/C20H15NO3/c1-13-10-19(22)17-11-16(8-9-20(17)24-13)23-12-15-7-6-14-4-2-3-5-18(14)21-15/h2-9,11H,1,10,12H2. The molecule has 1 aromatic heterocycles. The van der Waals surface area contributed by atoms with Crippen molar-refractivity contribution in [2.75, 3.05) is 0 Å². The number of aromatic nitrogens is 1. The van der Waals surface area contributed by atoms with Gasteiger partial charge in [0.1, 0.15) is 23.9 Å². The van der Waals surface area contributed by atoms with Gasteiger partial charge in [0, 0.05) is 5.39 Å². The van der Waals surface area contributed by atoms with Crippen molar-refractivity contribution in [1.82, 2.24) is 4.98 Å². The largest absolute Gasteiger partial charge is 0.487 e. The molecule has 0 saturated carbocycles. The summed E-state index contributed by atoms with van der Waals surface area (Å²) in [5, 5.41) is 1.10. The van der Waals surface area contributed by atoms with Crippen LogP contribution in [-0.4, -0.2) is 10.8 Å². The third-order valence-corrected chi connectivity index (χ3v) is 3.91. The zero-order chi connectivity index (χ0) is 16.5. The van der Waals surface area contributed by atoms with Crippen LogP contribution in [0.2, 0.25) is 0 Å². The van der Waals surface area contributed by atoms with Crippen LogP contribution in [-0.2, 0) is 6.61 Å². The Kier molecular flexibility index (Phi) is 3.50. The van der Waals surface area contributed by atoms with E-state index in [4.69, 9.17) is 9.47 Å². The number of para-hydroxylation sites is 1. The van der Waals surface area contributed by atoms with Crippen molar-refractivity contribution in [1.29, 1.82) is 0 Å². The lowest BCUT2D eigenvalue weighted by Gasteiger charge is -2.18. The van der Waals surface area contributed by atoms with E-state index >= 15 is 0 Å². The number of allylic oxidation sites excluding steroid dienone is 1. The molecular weight excluding hydrogens is 302 g/mol. The Balaban J connectivity index is 1.54. The first-order valence-corrected chi connectivity index (χ1v) is 7.69. The Labute approximate surface area is 139 Å². The summed E-state index contributed by atoms with van der Waals surface area (Å²) in [4.78, 5) is 16.6. The lowest BCUT2D eigenvalue weighted by Crippen LogP contribution is -2.13. The molecule has 0 atom stereocenters. The second kappa shape index (κ2) is 5.81. The van der Waals surface area contributed by atoms with Crippen LogP contribution in [0.3, 0.4) is 0 Å². The van der Waals surface area contributed by atoms with Crippen LogP contribution in [0.4, 0.5) is 0 Å². The van der Waals surface area contributed by atoms with Gasteiger partial charge in [0.2, 0.25) is 0 Å². The highest BCUT2D eigenvalue weighted by molar-refractivity contribution is 6.01. The van der Waals surface area contributed by atoms with Gasteiger partial charge in [0.25, 0.3) is 0 Å². The van der Waals surface area contributed by atoms with E-state index in [2.05, 4.69) is 11.6 Å². The fourth-order valence-corrected chi connectivity index (χ4v) is 2.72. The third kappa shape index (κ3) is 2.74. The molecule has 0 radical (unpaired) electrons. The molecule has 2 heterocycles. The van der Waals surface area contributed by atoms with Crippen molar-refractivity contribution in [3.8, 4) is 11.5 Å². The Morgan fingerprint density at radius 1 is 1.12 bits per heavy atom. The topological polar surface area (TPSA) is 48.4 Å². The maximum Gasteiger partial charge on any atom is 0.174 e. The number of nitrogens with zero attached hydrogens (tertiary/aromatic N) is 1. The molecule has 1 aliphatic heterocycles. The van der Waals surface area contributed by atoms with E-state index in [-0.39, 0.29) is 12.2 Å². The average molecular weight is 317 g/mol. The van der Waals surface area contributed by atoms with E-state index in [9.17, 15) is 4.79 Å². The van der Waals surface area contributed by atoms with Gasteiger partial charge in [0.15, 0.2) is 5.78 Å². The van der Waals surface area contributed by atoms with Crippen molar-refractivity contribution >= 4 is 16.7 Å². The Hall–Kier alpha value is -3.14. The molecular formula is C20H15NO3. The second-order valence-electron chi connectivity index (χ2n) is 5.68. The van der Waals surface area contributed by atoms with Gasteiger partial charge in [0.05, 0.1) is 23.2 Å². The van der Waals surface area contributed by atoms with Crippen molar-refractivity contribution in [2.45, 2.75) is 13.0 Å². The summed E-state index contributed by atoms with van der Waals surface area (Å²) in [5.41, 5.74) is 2.31. The minimum Gasteiger partial charge on any atom is -0.487 e. The highest BCUT2D eigenvalue weighted by Gasteiger charge is 2.21. The molecule has 4 rings (SSSR count). The van der Waals surface area contributed by atoms with Gasteiger partial charge in [-0.2, -0.15) is 0 Å². The van der Waals surface area contributed by atoms with Crippen LogP contribution in [0.1, 0.15) is 22.5 Å². The molecule has 0 spiro atoms. The van der Waals surface area contributed by atoms with Gasteiger partial charge >= 0.3 is 0 Å². The molecule has 0 N–H and O–H groups in total. The smallest absolute Gasteiger partial charge is 0.174 e. The first kappa shape index (κ1) is 14.5. The van der Waals surface area contributed by atoms with Crippen molar-refractivity contribution in [2.24, 2.45) is 0 Å². The Bertz CT molecular complexity index is 962. The molecule has 0 bridgehead atoms. The summed E-state index contributed by atoms with van der Waals surface area (Å²) in [6, 6.07) is 17.1. The van der Waals surface area contributed by atoms with Crippen LogP contribution in [0, 0.1) is 0 Å². The van der Waals surface area contributed by atoms with Crippen molar-refractivity contribution in [3.63, 3.8) is 0 Å². The first-order chi connectivity index (χ1) is 11.7. The number of carbonyl (C=O) groups is 1. The molecule has 3 aromatic rings. The minimum absolute atomic E-state index is 0.00414. The van der Waals surface area contributed by atoms with Crippen LogP contribution in [0.25, 0.3) is 10.9 Å². The molecule has 0 fully saturated rings. The molecule has 0 unspecified atom stereocenters. The van der Waals surface area contributed by atoms with E-state index in [1.165, 1.54) is 0 Å². The van der Waals surface area contributed by atoms with E-state index in [1.807, 2.05) is 36.4 Å². The normalized spacial score (nSPS) is 13.5. The molecule has 4 heteroatoms. The second-order valence-corrected chi connectivity index (χ2v) is 5.68. The number of carbonyl (C=O) groups excluding carboxylic acids is 1. The van der Waals surface area contributed by atoms with Crippen LogP contribution in [0.5, 0.6) is 11.5 Å². The van der Waals surface area contributed by atoms with Gasteiger partial charge in [-0.1, -0.05) is 30.8 Å². The lowest BCUT2D eigenvalue weighted by atomic mass is 10.0. The number of ether oxygens (including phenoxy) is 2. The number of pyridine rings is 1. The number of hydrogen-bond acceptors (Lipinski definition) is 4. The predicted octanol–water partition coefficient (Wildman–Crippen LogP) is 4.29. The number of ketones is 1. The summed E-state index contributed by atoms with van der Waals surface area (Å²) in [6.07, 6.45) is 0.211. The SMILES string of the molecule is C=C1CC(=O)c2cc(OCc3ccc4ccccc4n3)ccc2O1. The fraction of sp³-hybridized carbons (Fsp3) is 0.100. The highest BCUT2D eigenvalue weighted by atomic mass is 16.5. The van der Waals surface area contributed by atoms with Gasteiger partial charge in [-0.15, -0.1) is 0 Å². The summed E-state index contributed by atoms with van der Waals surface area (Å²) in [5.74, 6) is 1.62. The van der Waals surface area contributed by atoms with Gasteiger partial charge in [-0.05, 0) is 30.3 Å². The first-order valence-electron chi connectivity index (χ1n) is 7.69. The highest BCUT2D eigenvalue weighted by Crippen LogP contribution is 2.32. The third-order valence-electron chi connectivity index (χ3n) is 3.91. The maximum absolute atomic E-state index is 12.1. The number of hydrogen-bond donors (Lipinski definition) is 0. The lowest BCUT2D eigenvalue weighted by molar-refractivity contribution is 0.0964. The average Bonchev–Trinajstić information content (AvgIpc) is 2.60. The van der Waals surface area contributed by atoms with Gasteiger partial charge < -0.3 is 9.47 Å². The molecule has 0 aliphatic carbocycles. The summed E-state index contributed by atoms with van der Waals surface area (Å²) in [7, 11) is 0. The molecule has 0 saturated heterocycles. The summed E-state index contributed by atoms with van der Waals surface area (Å²) in [6.45, 7) is 4.04. The van der Waals surface area contributed by atoms with Crippen LogP contribution in [0.15, 0.2) is 66.9 Å². The Morgan fingerprint density at radius 3 is 2.92 bits per heavy atom. The van der Waals surface area contributed by atoms with E-state index in [1.54, 1.807) is 18.2 Å². The molecule has 24 heavy (non-hydrogen) atoms. The van der Waals surface area contributed by atoms with Gasteiger partial charge in [-0.25, -0.2) is 4.98 Å². The zero-order valence-corrected chi connectivity index (χ0v) is 13.0. The Morgan fingerprint density at radius 2 is 2.00 bits per heavy atom. The van der Waals surface area contributed by atoms with E-state index < -0.39 is 0 Å². The summed E-state index contributed by atoms with van der Waals surface area (Å²) >= 11 is 0. The van der Waals surface area contributed by atoms with E-state index in [0.717, 1.165) is 16.6 Å². The number of rotatable bonds is 3. The molecule has 4 nitrogen and oxygen atoms in total. The van der Waals surface area contributed by atoms with Crippen molar-refractivity contribution < 1.29 is 14.3 Å². The maximum atomic E-state index is 12.1. The number of Topliss-reactive ketones (excluding diaryl/α,β-unsaturated/α-hetero) is 1. The monoisotopic (exact) mass is 317 g/mol. The predicted molar refractivity (Wildman–Crippen MR) is 91.2 cm³/mol. The van der Waals surface area contributed by atoms with E-state index in [0.29, 0.717) is 29.4 Å². The van der Waals surface area contributed by atoms with Crippen LogP contribution < -0.4 is 9.47 Å². The van der Waals surface area contributed by atoms with Crippen molar-refractivity contribution in [3.05, 3.63) is 78.2 Å². The molecule has 118 valence electrons.